The van der Waals surface area contributed by atoms with Crippen LogP contribution in [0.5, 0.6) is 0 Å². The topological polar surface area (TPSA) is 113 Å². The van der Waals surface area contributed by atoms with Gasteiger partial charge in [-0.2, -0.15) is 0 Å². The molecule has 0 spiro atoms. The second-order valence-corrected chi connectivity index (χ2v) is 4.77. The zero-order chi connectivity index (χ0) is 15.6. The van der Waals surface area contributed by atoms with E-state index in [2.05, 4.69) is 16.0 Å². The van der Waals surface area contributed by atoms with Gasteiger partial charge >= 0.3 is 0 Å². The summed E-state index contributed by atoms with van der Waals surface area (Å²) < 4.78 is 0. The Labute approximate surface area is 121 Å². The van der Waals surface area contributed by atoms with Crippen LogP contribution in [-0.4, -0.2) is 29.3 Å². The minimum atomic E-state index is -0.626. The van der Waals surface area contributed by atoms with Gasteiger partial charge in [-0.15, -0.1) is 0 Å². The smallest absolute Gasteiger partial charge is 0.292 e. The number of rotatable bonds is 5. The Bertz CT molecular complexity index is 614. The van der Waals surface area contributed by atoms with Crippen molar-refractivity contribution >= 4 is 28.9 Å². The lowest BCUT2D eigenvalue weighted by Crippen LogP contribution is -2.37. The van der Waals surface area contributed by atoms with Gasteiger partial charge in [-0.1, -0.05) is 0 Å². The molecule has 1 aromatic rings. The predicted octanol–water partition coefficient (Wildman–Crippen LogP) is 1.03. The van der Waals surface area contributed by atoms with Crippen LogP contribution in [0.1, 0.15) is 19.4 Å². The molecule has 0 bridgehead atoms. The summed E-state index contributed by atoms with van der Waals surface area (Å²) in [7, 11) is 0. The van der Waals surface area contributed by atoms with Crippen LogP contribution in [0.2, 0.25) is 0 Å². The Hall–Kier alpha value is -2.64. The largest absolute Gasteiger partial charge is 0.368 e. The maximum absolute atomic E-state index is 11.7. The standard InChI is InChI=1S/C13H16N4O4/c1-3-14-13(19)7(2)15-10-6-9-8(5-12(18)16-9)4-11(10)17(20)21/h4,6-7,15H,3,5H2,1-2H3,(H,14,19)(H,16,18). The average molecular weight is 292 g/mol. The Morgan fingerprint density at radius 3 is 2.86 bits per heavy atom. The summed E-state index contributed by atoms with van der Waals surface area (Å²) in [5.74, 6) is -0.454. The van der Waals surface area contributed by atoms with E-state index in [-0.39, 0.29) is 29.6 Å². The van der Waals surface area contributed by atoms with E-state index < -0.39 is 11.0 Å². The fraction of sp³-hybridized carbons (Fsp3) is 0.385. The maximum atomic E-state index is 11.7. The van der Waals surface area contributed by atoms with Crippen LogP contribution in [-0.2, 0) is 16.0 Å². The van der Waals surface area contributed by atoms with Crippen molar-refractivity contribution in [1.29, 1.82) is 0 Å². The molecule has 21 heavy (non-hydrogen) atoms. The van der Waals surface area contributed by atoms with Crippen molar-refractivity contribution in [3.05, 3.63) is 27.8 Å². The van der Waals surface area contributed by atoms with Crippen molar-refractivity contribution in [2.75, 3.05) is 17.2 Å². The molecule has 3 N–H and O–H groups in total. The van der Waals surface area contributed by atoms with E-state index in [4.69, 9.17) is 0 Å². The van der Waals surface area contributed by atoms with Crippen molar-refractivity contribution in [2.24, 2.45) is 0 Å². The van der Waals surface area contributed by atoms with Gasteiger partial charge in [-0.25, -0.2) is 0 Å². The predicted molar refractivity (Wildman–Crippen MR) is 77.2 cm³/mol. The van der Waals surface area contributed by atoms with E-state index in [1.54, 1.807) is 13.8 Å². The first-order valence-electron chi connectivity index (χ1n) is 6.57. The molecule has 8 heteroatoms. The molecule has 0 radical (unpaired) electrons. The highest BCUT2D eigenvalue weighted by atomic mass is 16.6. The average Bonchev–Trinajstić information content (AvgIpc) is 2.76. The van der Waals surface area contributed by atoms with E-state index in [0.29, 0.717) is 17.8 Å². The highest BCUT2D eigenvalue weighted by Gasteiger charge is 2.26. The summed E-state index contributed by atoms with van der Waals surface area (Å²) in [6, 6.07) is 2.23. The number of hydrogen-bond acceptors (Lipinski definition) is 5. The number of nitrogens with zero attached hydrogens (tertiary/aromatic N) is 1. The summed E-state index contributed by atoms with van der Waals surface area (Å²) >= 11 is 0. The second kappa shape index (κ2) is 5.78. The lowest BCUT2D eigenvalue weighted by molar-refractivity contribution is -0.384. The van der Waals surface area contributed by atoms with Crippen molar-refractivity contribution in [1.82, 2.24) is 5.32 Å². The first kappa shape index (κ1) is 14.8. The van der Waals surface area contributed by atoms with E-state index in [1.165, 1.54) is 12.1 Å². The van der Waals surface area contributed by atoms with Gasteiger partial charge in [0.1, 0.15) is 11.7 Å². The molecule has 1 unspecified atom stereocenters. The first-order chi connectivity index (χ1) is 9.92. The van der Waals surface area contributed by atoms with Crippen LogP contribution in [0, 0.1) is 10.1 Å². The molecule has 1 aliphatic heterocycles. The molecule has 1 heterocycles. The molecule has 8 nitrogen and oxygen atoms in total. The summed E-state index contributed by atoms with van der Waals surface area (Å²) in [5.41, 5.74) is 1.18. The quantitative estimate of drug-likeness (QED) is 0.554. The number of carbonyl (C=O) groups is 2. The molecule has 0 fully saturated rings. The van der Waals surface area contributed by atoms with Crippen molar-refractivity contribution in [3.8, 4) is 0 Å². The number of hydrogen-bond donors (Lipinski definition) is 3. The van der Waals surface area contributed by atoms with E-state index >= 15 is 0 Å². The monoisotopic (exact) mass is 292 g/mol. The molecular formula is C13H16N4O4. The zero-order valence-corrected chi connectivity index (χ0v) is 11.7. The van der Waals surface area contributed by atoms with Gasteiger partial charge in [0.25, 0.3) is 5.69 Å². The van der Waals surface area contributed by atoms with E-state index in [0.717, 1.165) is 0 Å². The second-order valence-electron chi connectivity index (χ2n) is 4.77. The molecule has 2 rings (SSSR count). The number of likely N-dealkylation sites (N-methyl/N-ethyl adjacent to an activating group) is 1. The summed E-state index contributed by atoms with van der Waals surface area (Å²) in [4.78, 5) is 33.7. The van der Waals surface area contributed by atoms with Gasteiger partial charge in [0.05, 0.1) is 11.3 Å². The molecule has 0 aromatic heterocycles. The number of nitro groups is 1. The van der Waals surface area contributed by atoms with Gasteiger partial charge in [-0.05, 0) is 25.5 Å². The lowest BCUT2D eigenvalue weighted by Gasteiger charge is -2.15. The van der Waals surface area contributed by atoms with E-state index in [1.807, 2.05) is 0 Å². The Balaban J connectivity index is 2.30. The Morgan fingerprint density at radius 2 is 2.24 bits per heavy atom. The number of benzene rings is 1. The minimum absolute atomic E-state index is 0.127. The molecule has 0 saturated carbocycles. The molecule has 0 saturated heterocycles. The van der Waals surface area contributed by atoms with Gasteiger partial charge in [0, 0.05) is 18.3 Å². The van der Waals surface area contributed by atoms with Gasteiger partial charge < -0.3 is 16.0 Å². The Morgan fingerprint density at radius 1 is 1.52 bits per heavy atom. The van der Waals surface area contributed by atoms with Crippen LogP contribution in [0.15, 0.2) is 12.1 Å². The third-order valence-electron chi connectivity index (χ3n) is 3.16. The minimum Gasteiger partial charge on any atom is -0.368 e. The molecule has 1 aromatic carbocycles. The first-order valence-corrected chi connectivity index (χ1v) is 6.57. The fourth-order valence-electron chi connectivity index (χ4n) is 2.15. The van der Waals surface area contributed by atoms with Crippen molar-refractivity contribution in [3.63, 3.8) is 0 Å². The van der Waals surface area contributed by atoms with Crippen LogP contribution in [0.4, 0.5) is 17.1 Å². The SMILES string of the molecule is CCNC(=O)C(C)Nc1cc2c(cc1[N+](=O)[O-])CC(=O)N2. The zero-order valence-electron chi connectivity index (χ0n) is 11.7. The summed E-state index contributed by atoms with van der Waals surface area (Å²) in [6.45, 7) is 3.88. The molecule has 1 atom stereocenters. The maximum Gasteiger partial charge on any atom is 0.292 e. The van der Waals surface area contributed by atoms with Crippen LogP contribution in [0.3, 0.4) is 0 Å². The summed E-state index contributed by atoms with van der Waals surface area (Å²) in [6.07, 6.45) is 0.127. The van der Waals surface area contributed by atoms with Crippen LogP contribution >= 0.6 is 0 Å². The van der Waals surface area contributed by atoms with Gasteiger partial charge in [0.2, 0.25) is 11.8 Å². The molecule has 0 aliphatic carbocycles. The lowest BCUT2D eigenvalue weighted by atomic mass is 10.1. The molecular weight excluding hydrogens is 276 g/mol. The van der Waals surface area contributed by atoms with Crippen LogP contribution < -0.4 is 16.0 Å². The molecule has 112 valence electrons. The highest BCUT2D eigenvalue weighted by Crippen LogP contribution is 2.34. The number of anilines is 2. The van der Waals surface area contributed by atoms with Crippen LogP contribution in [0.25, 0.3) is 0 Å². The van der Waals surface area contributed by atoms with Gasteiger partial charge in [0.15, 0.2) is 0 Å². The number of carbonyl (C=O) groups excluding carboxylic acids is 2. The normalized spacial score (nSPS) is 14.1. The van der Waals surface area contributed by atoms with Crippen molar-refractivity contribution in [2.45, 2.75) is 26.3 Å². The number of amides is 2. The molecule has 1 aliphatic rings. The highest BCUT2D eigenvalue weighted by molar-refractivity contribution is 6.00. The van der Waals surface area contributed by atoms with Gasteiger partial charge in [-0.3, -0.25) is 19.7 Å². The number of nitro benzene ring substituents is 1. The fourth-order valence-corrected chi connectivity index (χ4v) is 2.15. The van der Waals surface area contributed by atoms with E-state index in [9.17, 15) is 19.7 Å². The van der Waals surface area contributed by atoms with Crippen molar-refractivity contribution < 1.29 is 14.5 Å². The summed E-state index contributed by atoms with van der Waals surface area (Å²) in [5, 5.41) is 19.2. The third-order valence-corrected chi connectivity index (χ3v) is 3.16. The third kappa shape index (κ3) is 3.10. The number of nitrogens with one attached hydrogen (secondary N) is 3. The number of fused-ring (bicyclic) bond motifs is 1. The molecule has 2 amide bonds. The Kier molecular flexibility index (Phi) is 4.06.